The van der Waals surface area contributed by atoms with Crippen LogP contribution >= 0.6 is 11.6 Å². The molecular formula is C17H21ClN2O. The molecule has 0 fully saturated rings. The van der Waals surface area contributed by atoms with Gasteiger partial charge in [0, 0.05) is 29.4 Å². The highest BCUT2D eigenvalue weighted by atomic mass is 35.5. The minimum Gasteiger partial charge on any atom is -0.439 e. The summed E-state index contributed by atoms with van der Waals surface area (Å²) in [6.07, 6.45) is 1.76. The van der Waals surface area contributed by atoms with Gasteiger partial charge in [0.25, 0.3) is 0 Å². The molecule has 0 aliphatic heterocycles. The lowest BCUT2D eigenvalue weighted by Crippen LogP contribution is -2.35. The molecule has 2 aromatic rings. The highest BCUT2D eigenvalue weighted by Crippen LogP contribution is 2.25. The van der Waals surface area contributed by atoms with Crippen molar-refractivity contribution in [1.82, 2.24) is 10.3 Å². The average Bonchev–Trinajstić information content (AvgIpc) is 2.40. The van der Waals surface area contributed by atoms with Gasteiger partial charge in [0.15, 0.2) is 0 Å². The van der Waals surface area contributed by atoms with Gasteiger partial charge in [0.1, 0.15) is 5.75 Å². The number of hydrogen-bond acceptors (Lipinski definition) is 3. The minimum absolute atomic E-state index is 0.0809. The quantitative estimate of drug-likeness (QED) is 0.887. The second-order valence-electron chi connectivity index (χ2n) is 6.12. The zero-order chi connectivity index (χ0) is 15.5. The van der Waals surface area contributed by atoms with Crippen LogP contribution < -0.4 is 10.1 Å². The van der Waals surface area contributed by atoms with E-state index in [0.717, 1.165) is 28.4 Å². The van der Waals surface area contributed by atoms with Crippen LogP contribution in [0.5, 0.6) is 11.6 Å². The van der Waals surface area contributed by atoms with E-state index in [4.69, 9.17) is 16.3 Å². The van der Waals surface area contributed by atoms with Gasteiger partial charge in [-0.05, 0) is 63.1 Å². The molecular weight excluding hydrogens is 284 g/mol. The number of nitrogens with one attached hydrogen (secondary N) is 1. The third kappa shape index (κ3) is 5.03. The SMILES string of the molecule is Cc1cc(Oc2cc(CNC(C)(C)C)ccn2)ccc1Cl. The van der Waals surface area contributed by atoms with Crippen molar-refractivity contribution in [1.29, 1.82) is 0 Å². The van der Waals surface area contributed by atoms with Crippen molar-refractivity contribution < 1.29 is 4.74 Å². The van der Waals surface area contributed by atoms with Crippen molar-refractivity contribution in [2.75, 3.05) is 0 Å². The highest BCUT2D eigenvalue weighted by Gasteiger charge is 2.09. The first-order chi connectivity index (χ1) is 9.83. The van der Waals surface area contributed by atoms with Gasteiger partial charge in [-0.3, -0.25) is 0 Å². The van der Waals surface area contributed by atoms with Crippen LogP contribution in [0.4, 0.5) is 0 Å². The zero-order valence-electron chi connectivity index (χ0n) is 12.9. The normalized spacial score (nSPS) is 11.5. The standard InChI is InChI=1S/C17H21ClN2O/c1-12-9-14(5-6-15(12)18)21-16-10-13(7-8-19-16)11-20-17(2,3)4/h5-10,20H,11H2,1-4H3. The second kappa shape index (κ2) is 6.46. The number of rotatable bonds is 4. The van der Waals surface area contributed by atoms with E-state index in [2.05, 4.69) is 31.1 Å². The van der Waals surface area contributed by atoms with E-state index in [0.29, 0.717) is 5.88 Å². The Morgan fingerprint density at radius 1 is 1.19 bits per heavy atom. The number of ether oxygens (including phenoxy) is 1. The molecule has 4 heteroatoms. The molecule has 0 radical (unpaired) electrons. The molecule has 0 aliphatic carbocycles. The van der Waals surface area contributed by atoms with Crippen molar-refractivity contribution >= 4 is 11.6 Å². The molecule has 1 heterocycles. The van der Waals surface area contributed by atoms with E-state index in [1.54, 1.807) is 6.20 Å². The van der Waals surface area contributed by atoms with Crippen LogP contribution in [-0.4, -0.2) is 10.5 Å². The summed E-state index contributed by atoms with van der Waals surface area (Å²) in [7, 11) is 0. The van der Waals surface area contributed by atoms with Crippen molar-refractivity contribution in [2.45, 2.75) is 39.8 Å². The number of hydrogen-bond donors (Lipinski definition) is 1. The molecule has 2 rings (SSSR count). The maximum atomic E-state index is 6.01. The summed E-state index contributed by atoms with van der Waals surface area (Å²) in [5.74, 6) is 1.33. The van der Waals surface area contributed by atoms with Gasteiger partial charge in [-0.1, -0.05) is 11.6 Å². The first-order valence-electron chi connectivity index (χ1n) is 6.97. The van der Waals surface area contributed by atoms with Gasteiger partial charge < -0.3 is 10.1 Å². The van der Waals surface area contributed by atoms with E-state index >= 15 is 0 Å². The third-order valence-electron chi connectivity index (χ3n) is 2.97. The van der Waals surface area contributed by atoms with Gasteiger partial charge in [-0.2, -0.15) is 0 Å². The minimum atomic E-state index is 0.0809. The molecule has 3 nitrogen and oxygen atoms in total. The number of halogens is 1. The fourth-order valence-corrected chi connectivity index (χ4v) is 1.90. The first kappa shape index (κ1) is 15.8. The summed E-state index contributed by atoms with van der Waals surface area (Å²) in [6.45, 7) is 9.15. The van der Waals surface area contributed by atoms with Crippen molar-refractivity contribution in [3.8, 4) is 11.6 Å². The number of aryl methyl sites for hydroxylation is 1. The number of benzene rings is 1. The van der Waals surface area contributed by atoms with Crippen molar-refractivity contribution in [3.05, 3.63) is 52.7 Å². The second-order valence-corrected chi connectivity index (χ2v) is 6.53. The zero-order valence-corrected chi connectivity index (χ0v) is 13.7. The molecule has 0 atom stereocenters. The highest BCUT2D eigenvalue weighted by molar-refractivity contribution is 6.31. The van der Waals surface area contributed by atoms with Crippen LogP contribution in [0.3, 0.4) is 0 Å². The molecule has 0 bridgehead atoms. The summed E-state index contributed by atoms with van der Waals surface area (Å²) in [5, 5.41) is 4.18. The maximum absolute atomic E-state index is 6.01. The van der Waals surface area contributed by atoms with E-state index in [1.165, 1.54) is 0 Å². The molecule has 0 unspecified atom stereocenters. The van der Waals surface area contributed by atoms with Crippen LogP contribution in [0.2, 0.25) is 5.02 Å². The van der Waals surface area contributed by atoms with E-state index in [1.807, 2.05) is 37.3 Å². The predicted octanol–water partition coefficient (Wildman–Crippen LogP) is 4.72. The Morgan fingerprint density at radius 3 is 2.62 bits per heavy atom. The molecule has 112 valence electrons. The fourth-order valence-electron chi connectivity index (χ4n) is 1.78. The third-order valence-corrected chi connectivity index (χ3v) is 3.40. The Balaban J connectivity index is 2.08. The van der Waals surface area contributed by atoms with Crippen LogP contribution in [0.1, 0.15) is 31.9 Å². The van der Waals surface area contributed by atoms with E-state index in [-0.39, 0.29) is 5.54 Å². The van der Waals surface area contributed by atoms with Gasteiger partial charge in [0.05, 0.1) is 0 Å². The van der Waals surface area contributed by atoms with Crippen molar-refractivity contribution in [2.24, 2.45) is 0 Å². The number of nitrogens with zero attached hydrogens (tertiary/aromatic N) is 1. The van der Waals surface area contributed by atoms with Crippen LogP contribution in [0.25, 0.3) is 0 Å². The summed E-state index contributed by atoms with van der Waals surface area (Å²) >= 11 is 6.01. The Hall–Kier alpha value is -1.58. The summed E-state index contributed by atoms with van der Waals surface area (Å²) < 4.78 is 5.79. The van der Waals surface area contributed by atoms with Gasteiger partial charge >= 0.3 is 0 Å². The Labute approximate surface area is 131 Å². The lowest BCUT2D eigenvalue weighted by Gasteiger charge is -2.20. The monoisotopic (exact) mass is 304 g/mol. The van der Waals surface area contributed by atoms with E-state index < -0.39 is 0 Å². The molecule has 21 heavy (non-hydrogen) atoms. The smallest absolute Gasteiger partial charge is 0.219 e. The summed E-state index contributed by atoms with van der Waals surface area (Å²) in [5.41, 5.74) is 2.21. The summed E-state index contributed by atoms with van der Waals surface area (Å²) in [4.78, 5) is 4.25. The van der Waals surface area contributed by atoms with Crippen LogP contribution in [0, 0.1) is 6.92 Å². The van der Waals surface area contributed by atoms with Gasteiger partial charge in [0.2, 0.25) is 5.88 Å². The fraction of sp³-hybridized carbons (Fsp3) is 0.353. The summed E-state index contributed by atoms with van der Waals surface area (Å²) in [6, 6.07) is 9.51. The van der Waals surface area contributed by atoms with Crippen LogP contribution in [-0.2, 0) is 6.54 Å². The Kier molecular flexibility index (Phi) is 4.86. The van der Waals surface area contributed by atoms with E-state index in [9.17, 15) is 0 Å². The Bertz CT molecular complexity index is 620. The molecule has 0 amide bonds. The molecule has 0 spiro atoms. The topological polar surface area (TPSA) is 34.1 Å². The molecule has 1 aromatic heterocycles. The largest absolute Gasteiger partial charge is 0.439 e. The number of aromatic nitrogens is 1. The predicted molar refractivity (Wildman–Crippen MR) is 87.1 cm³/mol. The van der Waals surface area contributed by atoms with Crippen LogP contribution in [0.15, 0.2) is 36.5 Å². The van der Waals surface area contributed by atoms with Gasteiger partial charge in [-0.25, -0.2) is 4.98 Å². The molecule has 1 aromatic carbocycles. The maximum Gasteiger partial charge on any atom is 0.219 e. The van der Waals surface area contributed by atoms with Gasteiger partial charge in [-0.15, -0.1) is 0 Å². The number of pyridine rings is 1. The lowest BCUT2D eigenvalue weighted by molar-refractivity contribution is 0.421. The average molecular weight is 305 g/mol. The molecule has 0 saturated carbocycles. The molecule has 1 N–H and O–H groups in total. The first-order valence-corrected chi connectivity index (χ1v) is 7.35. The lowest BCUT2D eigenvalue weighted by atomic mass is 10.1. The molecule has 0 aliphatic rings. The van der Waals surface area contributed by atoms with Crippen molar-refractivity contribution in [3.63, 3.8) is 0 Å². The molecule has 0 saturated heterocycles. The Morgan fingerprint density at radius 2 is 1.95 bits per heavy atom.